The van der Waals surface area contributed by atoms with E-state index in [2.05, 4.69) is 24.2 Å². The van der Waals surface area contributed by atoms with Gasteiger partial charge < -0.3 is 10.4 Å². The zero-order valence-electron chi connectivity index (χ0n) is 7.17. The van der Waals surface area contributed by atoms with Gasteiger partial charge in [0.05, 0.1) is 11.9 Å². The number of nitrogens with one attached hydrogen (secondary N) is 1. The van der Waals surface area contributed by atoms with Crippen LogP contribution in [-0.4, -0.2) is 30.1 Å². The minimum atomic E-state index is 0.237. The molecule has 0 saturated heterocycles. The third-order valence-electron chi connectivity index (χ3n) is 1.85. The Morgan fingerprint density at radius 2 is 2.45 bits per heavy atom. The molecule has 0 spiro atoms. The van der Waals surface area contributed by atoms with Crippen molar-refractivity contribution in [3.05, 3.63) is 0 Å². The Morgan fingerprint density at radius 1 is 1.73 bits per heavy atom. The zero-order valence-corrected chi connectivity index (χ0v) is 7.17. The van der Waals surface area contributed by atoms with E-state index in [4.69, 9.17) is 5.11 Å². The quantitative estimate of drug-likeness (QED) is 0.621. The van der Waals surface area contributed by atoms with Crippen LogP contribution in [0.25, 0.3) is 0 Å². The molecule has 1 aliphatic rings. The lowest BCUT2D eigenvalue weighted by atomic mass is 10.2. The lowest BCUT2D eigenvalue weighted by Crippen LogP contribution is -2.24. The summed E-state index contributed by atoms with van der Waals surface area (Å²) < 4.78 is 0. The Hall–Kier alpha value is -0.570. The maximum absolute atomic E-state index is 8.65. The summed E-state index contributed by atoms with van der Waals surface area (Å²) in [6.07, 6.45) is 0.781. The average Bonchev–Trinajstić information content (AvgIpc) is 2.37. The van der Waals surface area contributed by atoms with Crippen LogP contribution in [-0.2, 0) is 0 Å². The van der Waals surface area contributed by atoms with Gasteiger partial charge in [0.2, 0.25) is 0 Å². The van der Waals surface area contributed by atoms with E-state index in [-0.39, 0.29) is 6.61 Å². The number of nitrogens with zero attached hydrogens (tertiary/aromatic N) is 1. The lowest BCUT2D eigenvalue weighted by molar-refractivity contribution is 0.278. The number of aliphatic hydroxyl groups excluding tert-OH is 1. The minimum absolute atomic E-state index is 0.237. The van der Waals surface area contributed by atoms with Gasteiger partial charge in [0.25, 0.3) is 0 Å². The van der Waals surface area contributed by atoms with Crippen molar-refractivity contribution >= 4 is 5.84 Å². The Bertz CT molecular complexity index is 154. The fourth-order valence-electron chi connectivity index (χ4n) is 1.18. The summed E-state index contributed by atoms with van der Waals surface area (Å²) in [6, 6.07) is 0.303. The highest BCUT2D eigenvalue weighted by atomic mass is 16.3. The summed E-state index contributed by atoms with van der Waals surface area (Å²) in [5, 5.41) is 11.9. The fraction of sp³-hybridized carbons (Fsp3) is 0.875. The molecule has 1 heterocycles. The number of aliphatic imine (C=N–C) groups is 1. The van der Waals surface area contributed by atoms with Crippen molar-refractivity contribution in [2.75, 3.05) is 13.2 Å². The summed E-state index contributed by atoms with van der Waals surface area (Å²) in [6.45, 7) is 5.37. The Kier molecular flexibility index (Phi) is 2.88. The smallest absolute Gasteiger partial charge is 0.0993 e. The summed E-state index contributed by atoms with van der Waals surface area (Å²) in [7, 11) is 0. The molecule has 1 aliphatic heterocycles. The van der Waals surface area contributed by atoms with Crippen LogP contribution < -0.4 is 5.32 Å². The van der Waals surface area contributed by atoms with E-state index in [1.54, 1.807) is 0 Å². The van der Waals surface area contributed by atoms with Crippen molar-refractivity contribution in [1.29, 1.82) is 0 Å². The molecule has 0 aromatic heterocycles. The summed E-state index contributed by atoms with van der Waals surface area (Å²) in [5.41, 5.74) is 0. The first-order valence-electron chi connectivity index (χ1n) is 4.16. The molecular weight excluding hydrogens is 140 g/mol. The van der Waals surface area contributed by atoms with Crippen LogP contribution >= 0.6 is 0 Å². The highest BCUT2D eigenvalue weighted by molar-refractivity contribution is 5.85. The Labute approximate surface area is 67.5 Å². The van der Waals surface area contributed by atoms with Gasteiger partial charge in [-0.3, -0.25) is 4.99 Å². The van der Waals surface area contributed by atoms with E-state index in [9.17, 15) is 0 Å². The highest BCUT2D eigenvalue weighted by Crippen LogP contribution is 2.07. The second-order valence-electron chi connectivity index (χ2n) is 3.22. The Morgan fingerprint density at radius 3 is 2.91 bits per heavy atom. The van der Waals surface area contributed by atoms with Crippen molar-refractivity contribution in [2.45, 2.75) is 26.3 Å². The van der Waals surface area contributed by atoms with Crippen LogP contribution in [0.15, 0.2) is 4.99 Å². The minimum Gasteiger partial charge on any atom is -0.396 e. The normalized spacial score (nSPS) is 23.6. The summed E-state index contributed by atoms with van der Waals surface area (Å²) in [4.78, 5) is 4.42. The monoisotopic (exact) mass is 156 g/mol. The van der Waals surface area contributed by atoms with Gasteiger partial charge in [-0.15, -0.1) is 0 Å². The van der Waals surface area contributed by atoms with E-state index in [1.807, 2.05) is 0 Å². The molecular formula is C8H16N2O. The molecule has 1 atom stereocenters. The van der Waals surface area contributed by atoms with Gasteiger partial charge in [0.1, 0.15) is 0 Å². The molecule has 1 rings (SSSR count). The van der Waals surface area contributed by atoms with Gasteiger partial charge in [0, 0.05) is 19.1 Å². The number of hydrogen-bond acceptors (Lipinski definition) is 3. The average molecular weight is 156 g/mol. The number of rotatable bonds is 3. The maximum atomic E-state index is 8.65. The van der Waals surface area contributed by atoms with Crippen LogP contribution in [0.4, 0.5) is 0 Å². The third kappa shape index (κ3) is 2.19. The van der Waals surface area contributed by atoms with E-state index in [0.29, 0.717) is 12.0 Å². The van der Waals surface area contributed by atoms with Gasteiger partial charge in [-0.25, -0.2) is 0 Å². The SMILES string of the molecule is CC(C)C1=NC(CCO)CN1. The van der Waals surface area contributed by atoms with Crippen molar-refractivity contribution in [3.8, 4) is 0 Å². The third-order valence-corrected chi connectivity index (χ3v) is 1.85. The fourth-order valence-corrected chi connectivity index (χ4v) is 1.18. The van der Waals surface area contributed by atoms with Gasteiger partial charge in [0.15, 0.2) is 0 Å². The first kappa shape index (κ1) is 8.53. The lowest BCUT2D eigenvalue weighted by Gasteiger charge is -2.02. The standard InChI is InChI=1S/C8H16N2O/c1-6(2)8-9-5-7(10-8)3-4-11/h6-7,11H,3-5H2,1-2H3,(H,9,10). The molecule has 0 amide bonds. The van der Waals surface area contributed by atoms with Gasteiger partial charge in [-0.2, -0.15) is 0 Å². The van der Waals surface area contributed by atoms with Crippen molar-refractivity contribution in [3.63, 3.8) is 0 Å². The van der Waals surface area contributed by atoms with Crippen molar-refractivity contribution < 1.29 is 5.11 Å². The van der Waals surface area contributed by atoms with E-state index >= 15 is 0 Å². The maximum Gasteiger partial charge on any atom is 0.0993 e. The zero-order chi connectivity index (χ0) is 8.27. The van der Waals surface area contributed by atoms with E-state index in [1.165, 1.54) is 0 Å². The largest absolute Gasteiger partial charge is 0.396 e. The molecule has 0 aromatic carbocycles. The van der Waals surface area contributed by atoms with Crippen molar-refractivity contribution in [2.24, 2.45) is 10.9 Å². The first-order chi connectivity index (χ1) is 5.24. The molecule has 0 fully saturated rings. The van der Waals surface area contributed by atoms with Crippen LogP contribution in [0.5, 0.6) is 0 Å². The molecule has 0 radical (unpaired) electrons. The van der Waals surface area contributed by atoms with Gasteiger partial charge >= 0.3 is 0 Å². The molecule has 0 aromatic rings. The molecule has 0 saturated carbocycles. The first-order valence-corrected chi connectivity index (χ1v) is 4.16. The van der Waals surface area contributed by atoms with Crippen LogP contribution in [0.1, 0.15) is 20.3 Å². The second-order valence-corrected chi connectivity index (χ2v) is 3.22. The topological polar surface area (TPSA) is 44.6 Å². The molecule has 2 N–H and O–H groups in total. The molecule has 3 nitrogen and oxygen atoms in total. The highest BCUT2D eigenvalue weighted by Gasteiger charge is 2.17. The molecule has 0 aliphatic carbocycles. The van der Waals surface area contributed by atoms with Crippen LogP contribution in [0.3, 0.4) is 0 Å². The molecule has 11 heavy (non-hydrogen) atoms. The predicted octanol–water partition coefficient (Wildman–Crippen LogP) is 0.395. The summed E-state index contributed by atoms with van der Waals surface area (Å²) >= 11 is 0. The van der Waals surface area contributed by atoms with Crippen LogP contribution in [0, 0.1) is 5.92 Å². The number of aliphatic hydroxyl groups is 1. The molecule has 1 unspecified atom stereocenters. The van der Waals surface area contributed by atoms with Gasteiger partial charge in [-0.05, 0) is 6.42 Å². The number of hydrogen-bond donors (Lipinski definition) is 2. The van der Waals surface area contributed by atoms with E-state index < -0.39 is 0 Å². The predicted molar refractivity (Wildman–Crippen MR) is 45.8 cm³/mol. The van der Waals surface area contributed by atoms with Gasteiger partial charge in [-0.1, -0.05) is 13.8 Å². The number of amidine groups is 1. The van der Waals surface area contributed by atoms with Crippen LogP contribution in [0.2, 0.25) is 0 Å². The van der Waals surface area contributed by atoms with Crippen molar-refractivity contribution in [1.82, 2.24) is 5.32 Å². The molecule has 64 valence electrons. The molecule has 3 heteroatoms. The molecule has 0 bridgehead atoms. The summed E-state index contributed by atoms with van der Waals surface area (Å²) in [5.74, 6) is 1.57. The second kappa shape index (κ2) is 3.72. The van der Waals surface area contributed by atoms with E-state index in [0.717, 1.165) is 18.8 Å². The Balaban J connectivity index is 2.41.